The zero-order valence-electron chi connectivity index (χ0n) is 13.2. The van der Waals surface area contributed by atoms with E-state index in [0.717, 1.165) is 16.6 Å². The van der Waals surface area contributed by atoms with Crippen LogP contribution in [0, 0.1) is 0 Å². The summed E-state index contributed by atoms with van der Waals surface area (Å²) in [6.45, 7) is 1.76. The Morgan fingerprint density at radius 2 is 1.92 bits per heavy atom. The van der Waals surface area contributed by atoms with Gasteiger partial charge in [-0.3, -0.25) is 4.79 Å². The summed E-state index contributed by atoms with van der Waals surface area (Å²) in [5.74, 6) is 0.202. The number of esters is 1. The number of aromatic nitrogens is 1. The largest absolute Gasteiger partial charge is 0.424 e. The van der Waals surface area contributed by atoms with Gasteiger partial charge in [0, 0.05) is 16.8 Å². The number of nitrogens with zero attached hydrogens (tertiary/aromatic N) is 1. The van der Waals surface area contributed by atoms with E-state index in [2.05, 4.69) is 4.98 Å². The van der Waals surface area contributed by atoms with Crippen molar-refractivity contribution in [3.63, 3.8) is 0 Å². The summed E-state index contributed by atoms with van der Waals surface area (Å²) in [7, 11) is 0. The molecular formula is C20H16ClNO2. The lowest BCUT2D eigenvalue weighted by Gasteiger charge is -2.07. The molecule has 1 aromatic heterocycles. The first-order valence-corrected chi connectivity index (χ1v) is 8.08. The lowest BCUT2D eigenvalue weighted by molar-refractivity contribution is -0.133. The summed E-state index contributed by atoms with van der Waals surface area (Å²) < 4.78 is 5.37. The molecule has 0 spiro atoms. The maximum atomic E-state index is 11.6. The predicted molar refractivity (Wildman–Crippen MR) is 98.0 cm³/mol. The number of benzene rings is 2. The molecule has 0 radical (unpaired) electrons. The highest BCUT2D eigenvalue weighted by molar-refractivity contribution is 6.32. The third-order valence-electron chi connectivity index (χ3n) is 3.56. The lowest BCUT2D eigenvalue weighted by Crippen LogP contribution is -2.06. The zero-order chi connectivity index (χ0) is 16.9. The number of para-hydroxylation sites is 1. The van der Waals surface area contributed by atoms with Gasteiger partial charge in [0.1, 0.15) is 5.52 Å². The Kier molecular flexibility index (Phi) is 4.92. The van der Waals surface area contributed by atoms with Gasteiger partial charge in [-0.05, 0) is 29.8 Å². The van der Waals surface area contributed by atoms with Crippen molar-refractivity contribution in [2.45, 2.75) is 13.3 Å². The third-order valence-corrected chi connectivity index (χ3v) is 3.90. The van der Waals surface area contributed by atoms with Crippen molar-refractivity contribution < 1.29 is 9.53 Å². The standard InChI is InChI=1S/C20H16ClNO2/c1-2-19(23)24-18-9-5-7-15-11-13-16(22-20(15)18)12-10-14-6-3-4-8-17(14)21/h3-13H,2H2,1H3/b12-10+. The van der Waals surface area contributed by atoms with E-state index < -0.39 is 0 Å². The van der Waals surface area contributed by atoms with Gasteiger partial charge in [0.2, 0.25) is 0 Å². The van der Waals surface area contributed by atoms with Crippen molar-refractivity contribution in [3.05, 3.63) is 70.9 Å². The van der Waals surface area contributed by atoms with Gasteiger partial charge in [-0.25, -0.2) is 4.98 Å². The molecule has 0 saturated carbocycles. The first kappa shape index (κ1) is 16.2. The molecule has 0 amide bonds. The van der Waals surface area contributed by atoms with Crippen molar-refractivity contribution in [2.24, 2.45) is 0 Å². The smallest absolute Gasteiger partial charge is 0.310 e. The maximum absolute atomic E-state index is 11.6. The van der Waals surface area contributed by atoms with Crippen LogP contribution in [0.2, 0.25) is 5.02 Å². The van der Waals surface area contributed by atoms with E-state index in [1.54, 1.807) is 13.0 Å². The fourth-order valence-electron chi connectivity index (χ4n) is 2.29. The summed E-state index contributed by atoms with van der Waals surface area (Å²) >= 11 is 6.15. The number of rotatable bonds is 4. The number of carbonyl (C=O) groups is 1. The quantitative estimate of drug-likeness (QED) is 0.474. The van der Waals surface area contributed by atoms with Crippen LogP contribution in [0.25, 0.3) is 23.1 Å². The molecule has 2 aromatic carbocycles. The Morgan fingerprint density at radius 1 is 1.08 bits per heavy atom. The third kappa shape index (κ3) is 3.63. The van der Waals surface area contributed by atoms with E-state index in [1.807, 2.05) is 60.7 Å². The molecule has 0 aliphatic carbocycles. The molecular weight excluding hydrogens is 322 g/mol. The SMILES string of the molecule is CCC(=O)Oc1cccc2ccc(/C=C/c3ccccc3Cl)nc12. The normalized spacial score (nSPS) is 11.1. The van der Waals surface area contributed by atoms with Crippen LogP contribution in [-0.2, 0) is 4.79 Å². The van der Waals surface area contributed by atoms with Crippen LogP contribution < -0.4 is 4.74 Å². The van der Waals surface area contributed by atoms with Gasteiger partial charge in [-0.2, -0.15) is 0 Å². The summed E-state index contributed by atoms with van der Waals surface area (Å²) in [4.78, 5) is 16.2. The van der Waals surface area contributed by atoms with Gasteiger partial charge >= 0.3 is 5.97 Å². The highest BCUT2D eigenvalue weighted by Crippen LogP contribution is 2.25. The number of carbonyl (C=O) groups excluding carboxylic acids is 1. The molecule has 0 aliphatic rings. The molecule has 0 N–H and O–H groups in total. The minimum absolute atomic E-state index is 0.277. The van der Waals surface area contributed by atoms with Crippen LogP contribution >= 0.6 is 11.6 Å². The highest BCUT2D eigenvalue weighted by Gasteiger charge is 2.08. The highest BCUT2D eigenvalue weighted by atomic mass is 35.5. The molecule has 4 heteroatoms. The predicted octanol–water partition coefficient (Wildman–Crippen LogP) is 5.37. The summed E-state index contributed by atoms with van der Waals surface area (Å²) in [6.07, 6.45) is 4.12. The lowest BCUT2D eigenvalue weighted by atomic mass is 10.1. The molecule has 3 rings (SSSR count). The summed E-state index contributed by atoms with van der Waals surface area (Å²) in [6, 6.07) is 17.0. The second-order valence-corrected chi connectivity index (χ2v) is 5.65. The topological polar surface area (TPSA) is 39.2 Å². The second kappa shape index (κ2) is 7.28. The van der Waals surface area contributed by atoms with Crippen LogP contribution in [0.3, 0.4) is 0 Å². The second-order valence-electron chi connectivity index (χ2n) is 5.25. The van der Waals surface area contributed by atoms with E-state index in [0.29, 0.717) is 22.7 Å². The minimum Gasteiger partial charge on any atom is -0.424 e. The molecule has 0 fully saturated rings. The van der Waals surface area contributed by atoms with E-state index in [9.17, 15) is 4.79 Å². The number of hydrogen-bond donors (Lipinski definition) is 0. The average molecular weight is 338 g/mol. The molecule has 3 nitrogen and oxygen atoms in total. The molecule has 120 valence electrons. The van der Waals surface area contributed by atoms with E-state index in [1.165, 1.54) is 0 Å². The Bertz CT molecular complexity index is 918. The Labute approximate surface area is 145 Å². The number of fused-ring (bicyclic) bond motifs is 1. The number of ether oxygens (including phenoxy) is 1. The van der Waals surface area contributed by atoms with Gasteiger partial charge in [-0.1, -0.05) is 61.0 Å². The number of halogens is 1. The van der Waals surface area contributed by atoms with E-state index in [4.69, 9.17) is 16.3 Å². The molecule has 24 heavy (non-hydrogen) atoms. The van der Waals surface area contributed by atoms with Crippen LogP contribution in [0.15, 0.2) is 54.6 Å². The van der Waals surface area contributed by atoms with Crippen molar-refractivity contribution >= 4 is 40.6 Å². The average Bonchev–Trinajstić information content (AvgIpc) is 2.61. The van der Waals surface area contributed by atoms with Crippen molar-refractivity contribution in [2.75, 3.05) is 0 Å². The van der Waals surface area contributed by atoms with Crippen molar-refractivity contribution in [1.82, 2.24) is 4.98 Å². The van der Waals surface area contributed by atoms with Gasteiger partial charge in [0.15, 0.2) is 5.75 Å². The van der Waals surface area contributed by atoms with Crippen LogP contribution in [0.4, 0.5) is 0 Å². The Hall–Kier alpha value is -2.65. The molecule has 0 saturated heterocycles. The van der Waals surface area contributed by atoms with Crippen molar-refractivity contribution in [3.8, 4) is 5.75 Å². The maximum Gasteiger partial charge on any atom is 0.310 e. The molecule has 0 aliphatic heterocycles. The Balaban J connectivity index is 1.97. The minimum atomic E-state index is -0.277. The van der Waals surface area contributed by atoms with E-state index >= 15 is 0 Å². The van der Waals surface area contributed by atoms with Crippen LogP contribution in [0.1, 0.15) is 24.6 Å². The zero-order valence-corrected chi connectivity index (χ0v) is 14.0. The number of pyridine rings is 1. The summed E-state index contributed by atoms with van der Waals surface area (Å²) in [5, 5.41) is 1.61. The summed E-state index contributed by atoms with van der Waals surface area (Å²) in [5.41, 5.74) is 2.36. The molecule has 0 unspecified atom stereocenters. The van der Waals surface area contributed by atoms with E-state index in [-0.39, 0.29) is 5.97 Å². The molecule has 0 atom stereocenters. The van der Waals surface area contributed by atoms with Crippen LogP contribution in [-0.4, -0.2) is 11.0 Å². The monoisotopic (exact) mass is 337 g/mol. The molecule has 3 aromatic rings. The van der Waals surface area contributed by atoms with Crippen molar-refractivity contribution in [1.29, 1.82) is 0 Å². The molecule has 1 heterocycles. The van der Waals surface area contributed by atoms with Gasteiger partial charge in [-0.15, -0.1) is 0 Å². The Morgan fingerprint density at radius 3 is 2.71 bits per heavy atom. The van der Waals surface area contributed by atoms with Crippen LogP contribution in [0.5, 0.6) is 5.75 Å². The van der Waals surface area contributed by atoms with Gasteiger partial charge in [0.25, 0.3) is 0 Å². The first-order valence-electron chi connectivity index (χ1n) is 7.70. The first-order chi connectivity index (χ1) is 11.7. The van der Waals surface area contributed by atoms with Gasteiger partial charge in [0.05, 0.1) is 5.69 Å². The number of hydrogen-bond acceptors (Lipinski definition) is 3. The fraction of sp³-hybridized carbons (Fsp3) is 0.100. The fourth-order valence-corrected chi connectivity index (χ4v) is 2.49. The molecule has 0 bridgehead atoms. The van der Waals surface area contributed by atoms with Gasteiger partial charge < -0.3 is 4.74 Å².